The molecule has 0 unspecified atom stereocenters. The molecule has 10 heteroatoms. The van der Waals surface area contributed by atoms with Crippen LogP contribution in [0.1, 0.15) is 21.8 Å². The standard InChI is InChI=1S/C15H9BrF2N4O2S/c16-9-2-1-3-10(6-9)24-11-5-4-8(7-19-11)13(23)20-15-22-21-14(25-15)12(17)18/h1-7,12H,(H,20,22,23). The van der Waals surface area contributed by atoms with Crippen molar-refractivity contribution in [3.8, 4) is 11.6 Å². The fourth-order valence-electron chi connectivity index (χ4n) is 1.77. The number of hydrogen-bond acceptors (Lipinski definition) is 6. The molecule has 3 rings (SSSR count). The van der Waals surface area contributed by atoms with Gasteiger partial charge < -0.3 is 4.74 Å². The van der Waals surface area contributed by atoms with E-state index in [4.69, 9.17) is 4.74 Å². The number of nitrogens with zero attached hydrogens (tertiary/aromatic N) is 3. The Bertz CT molecular complexity index is 889. The van der Waals surface area contributed by atoms with Crippen molar-refractivity contribution in [1.82, 2.24) is 15.2 Å². The summed E-state index contributed by atoms with van der Waals surface area (Å²) in [6.45, 7) is 0. The molecule has 0 aliphatic heterocycles. The first-order chi connectivity index (χ1) is 12.0. The van der Waals surface area contributed by atoms with E-state index in [1.54, 1.807) is 12.1 Å². The number of pyridine rings is 1. The van der Waals surface area contributed by atoms with Crippen LogP contribution < -0.4 is 10.1 Å². The van der Waals surface area contributed by atoms with Crippen LogP contribution in [0.5, 0.6) is 11.6 Å². The highest BCUT2D eigenvalue weighted by atomic mass is 79.9. The molecule has 0 aliphatic carbocycles. The third-order valence-corrected chi connectivity index (χ3v) is 4.20. The van der Waals surface area contributed by atoms with Crippen LogP contribution in [0.15, 0.2) is 47.1 Å². The summed E-state index contributed by atoms with van der Waals surface area (Å²) in [5, 5.41) is 8.72. The molecule has 1 amide bonds. The number of carbonyl (C=O) groups is 1. The molecule has 2 heterocycles. The Hall–Kier alpha value is -2.46. The molecule has 1 aromatic carbocycles. The lowest BCUT2D eigenvalue weighted by molar-refractivity contribution is 0.102. The van der Waals surface area contributed by atoms with Gasteiger partial charge in [0.1, 0.15) is 5.75 Å². The van der Waals surface area contributed by atoms with Gasteiger partial charge in [0.25, 0.3) is 12.3 Å². The van der Waals surface area contributed by atoms with E-state index < -0.39 is 17.3 Å². The third-order valence-electron chi connectivity index (χ3n) is 2.86. The number of alkyl halides is 2. The van der Waals surface area contributed by atoms with Gasteiger partial charge in [-0.1, -0.05) is 33.3 Å². The Morgan fingerprint density at radius 2 is 2.08 bits per heavy atom. The summed E-state index contributed by atoms with van der Waals surface area (Å²) >= 11 is 3.95. The van der Waals surface area contributed by atoms with E-state index in [0.717, 1.165) is 4.47 Å². The fraction of sp³-hybridized carbons (Fsp3) is 0.0667. The predicted molar refractivity (Wildman–Crippen MR) is 91.3 cm³/mol. The second-order valence-electron chi connectivity index (χ2n) is 4.64. The number of rotatable bonds is 5. The quantitative estimate of drug-likeness (QED) is 0.640. The maximum atomic E-state index is 12.5. The number of amides is 1. The lowest BCUT2D eigenvalue weighted by Crippen LogP contribution is -2.12. The Morgan fingerprint density at radius 3 is 2.72 bits per heavy atom. The number of carbonyl (C=O) groups excluding carboxylic acids is 1. The van der Waals surface area contributed by atoms with E-state index in [2.05, 4.69) is 36.4 Å². The molecule has 0 radical (unpaired) electrons. The molecule has 0 aliphatic rings. The Balaban J connectivity index is 1.65. The monoisotopic (exact) mass is 426 g/mol. The first-order valence-corrected chi connectivity index (χ1v) is 8.44. The van der Waals surface area contributed by atoms with Crippen molar-refractivity contribution in [3.63, 3.8) is 0 Å². The van der Waals surface area contributed by atoms with E-state index >= 15 is 0 Å². The second-order valence-corrected chi connectivity index (χ2v) is 6.57. The minimum Gasteiger partial charge on any atom is -0.439 e. The number of hydrogen-bond donors (Lipinski definition) is 1. The van der Waals surface area contributed by atoms with E-state index in [1.165, 1.54) is 18.3 Å². The summed E-state index contributed by atoms with van der Waals surface area (Å²) in [5.74, 6) is 0.372. The fourth-order valence-corrected chi connectivity index (χ4v) is 2.74. The Labute approximate surface area is 153 Å². The van der Waals surface area contributed by atoms with E-state index in [-0.39, 0.29) is 10.7 Å². The molecule has 0 fully saturated rings. The van der Waals surface area contributed by atoms with Crippen LogP contribution in [0.25, 0.3) is 0 Å². The van der Waals surface area contributed by atoms with Crippen LogP contribution in [0.2, 0.25) is 0 Å². The van der Waals surface area contributed by atoms with Gasteiger partial charge in [0.05, 0.1) is 5.56 Å². The van der Waals surface area contributed by atoms with Crippen molar-refractivity contribution in [2.75, 3.05) is 5.32 Å². The molecule has 0 saturated carbocycles. The molecule has 6 nitrogen and oxygen atoms in total. The van der Waals surface area contributed by atoms with Gasteiger partial charge in [-0.15, -0.1) is 10.2 Å². The number of aromatic nitrogens is 3. The van der Waals surface area contributed by atoms with Gasteiger partial charge >= 0.3 is 0 Å². The van der Waals surface area contributed by atoms with Crippen molar-refractivity contribution in [2.45, 2.75) is 6.43 Å². The molecular formula is C15H9BrF2N4O2S. The smallest absolute Gasteiger partial charge is 0.291 e. The van der Waals surface area contributed by atoms with Crippen molar-refractivity contribution in [2.24, 2.45) is 0 Å². The largest absolute Gasteiger partial charge is 0.439 e. The van der Waals surface area contributed by atoms with Crippen LogP contribution in [-0.4, -0.2) is 21.1 Å². The SMILES string of the molecule is O=C(Nc1nnc(C(F)F)s1)c1ccc(Oc2cccc(Br)c2)nc1. The number of ether oxygens (including phenoxy) is 1. The van der Waals surface area contributed by atoms with Gasteiger partial charge in [-0.25, -0.2) is 13.8 Å². The molecular weight excluding hydrogens is 418 g/mol. The first-order valence-electron chi connectivity index (χ1n) is 6.83. The average Bonchev–Trinajstić information content (AvgIpc) is 3.04. The number of halogens is 3. The summed E-state index contributed by atoms with van der Waals surface area (Å²) < 4.78 is 31.3. The highest BCUT2D eigenvalue weighted by Gasteiger charge is 2.16. The molecule has 0 bridgehead atoms. The topological polar surface area (TPSA) is 77.0 Å². The molecule has 128 valence electrons. The number of nitrogens with one attached hydrogen (secondary N) is 1. The summed E-state index contributed by atoms with van der Waals surface area (Å²) in [6, 6.07) is 10.3. The second kappa shape index (κ2) is 7.62. The molecule has 1 N–H and O–H groups in total. The van der Waals surface area contributed by atoms with Crippen LogP contribution >= 0.6 is 27.3 Å². The summed E-state index contributed by atoms with van der Waals surface area (Å²) in [4.78, 5) is 16.1. The summed E-state index contributed by atoms with van der Waals surface area (Å²) in [7, 11) is 0. The molecule has 25 heavy (non-hydrogen) atoms. The highest BCUT2D eigenvalue weighted by molar-refractivity contribution is 9.10. The Morgan fingerprint density at radius 1 is 1.24 bits per heavy atom. The van der Waals surface area contributed by atoms with Gasteiger partial charge in [0, 0.05) is 16.7 Å². The lowest BCUT2D eigenvalue weighted by Gasteiger charge is -2.06. The van der Waals surface area contributed by atoms with Gasteiger partial charge in [0.15, 0.2) is 5.01 Å². The molecule has 0 saturated heterocycles. The van der Waals surface area contributed by atoms with Crippen molar-refractivity contribution >= 4 is 38.3 Å². The van der Waals surface area contributed by atoms with Crippen LogP contribution in [0.4, 0.5) is 13.9 Å². The van der Waals surface area contributed by atoms with E-state index in [9.17, 15) is 13.6 Å². The van der Waals surface area contributed by atoms with Crippen molar-refractivity contribution < 1.29 is 18.3 Å². The normalized spacial score (nSPS) is 10.7. The minimum atomic E-state index is -2.72. The predicted octanol–water partition coefficient (Wildman–Crippen LogP) is 4.68. The zero-order valence-electron chi connectivity index (χ0n) is 12.3. The average molecular weight is 427 g/mol. The van der Waals surface area contributed by atoms with Crippen molar-refractivity contribution in [3.05, 3.63) is 57.6 Å². The van der Waals surface area contributed by atoms with Gasteiger partial charge in [-0.2, -0.15) is 0 Å². The number of anilines is 1. The number of benzene rings is 1. The van der Waals surface area contributed by atoms with E-state index in [1.807, 2.05) is 12.1 Å². The maximum Gasteiger partial charge on any atom is 0.291 e. The lowest BCUT2D eigenvalue weighted by atomic mass is 10.3. The highest BCUT2D eigenvalue weighted by Crippen LogP contribution is 2.26. The molecule has 0 spiro atoms. The van der Waals surface area contributed by atoms with Gasteiger partial charge in [-0.05, 0) is 24.3 Å². The van der Waals surface area contributed by atoms with Crippen LogP contribution in [0, 0.1) is 0 Å². The molecule has 0 atom stereocenters. The maximum absolute atomic E-state index is 12.5. The van der Waals surface area contributed by atoms with Crippen molar-refractivity contribution in [1.29, 1.82) is 0 Å². The first kappa shape index (κ1) is 17.4. The van der Waals surface area contributed by atoms with Crippen LogP contribution in [0.3, 0.4) is 0 Å². The third kappa shape index (κ3) is 4.54. The van der Waals surface area contributed by atoms with E-state index in [0.29, 0.717) is 23.0 Å². The summed E-state index contributed by atoms with van der Waals surface area (Å²) in [6.07, 6.45) is -1.41. The molecule has 2 aromatic heterocycles. The molecule has 3 aromatic rings. The minimum absolute atomic E-state index is 0.00485. The zero-order chi connectivity index (χ0) is 17.8. The van der Waals surface area contributed by atoms with Crippen LogP contribution in [-0.2, 0) is 0 Å². The summed E-state index contributed by atoms with van der Waals surface area (Å²) in [5.41, 5.74) is 0.232. The van der Waals surface area contributed by atoms with Gasteiger partial charge in [-0.3, -0.25) is 10.1 Å². The zero-order valence-corrected chi connectivity index (χ0v) is 14.7. The van der Waals surface area contributed by atoms with Gasteiger partial charge in [0.2, 0.25) is 11.0 Å². The Kier molecular flexibility index (Phi) is 5.29.